The number of aliphatic hydroxyl groups excluding tert-OH is 2. The van der Waals surface area contributed by atoms with Gasteiger partial charge in [-0.1, -0.05) is 276 Å². The van der Waals surface area contributed by atoms with Gasteiger partial charge in [-0.25, -0.2) is 0 Å². The molecular weight excluding hydrogens is 843 g/mol. The molecule has 2 unspecified atom stereocenters. The van der Waals surface area contributed by atoms with E-state index in [2.05, 4.69) is 141 Å². The van der Waals surface area contributed by atoms with Crippen LogP contribution in [0.2, 0.25) is 0 Å². The van der Waals surface area contributed by atoms with Crippen LogP contribution in [0.3, 0.4) is 0 Å². The van der Waals surface area contributed by atoms with Crippen LogP contribution in [-0.4, -0.2) is 34.9 Å². The summed E-state index contributed by atoms with van der Waals surface area (Å²) < 4.78 is 0. The zero-order valence-electron chi connectivity index (χ0n) is 45.0. The van der Waals surface area contributed by atoms with Crippen LogP contribution in [-0.2, 0) is 4.79 Å². The lowest BCUT2D eigenvalue weighted by Gasteiger charge is -2.19. The standard InChI is InChI=1S/C65H109NO3/c1-3-5-7-9-11-13-15-17-19-21-23-24-25-26-27-28-29-30-31-32-33-34-35-36-37-38-39-40-41-42-43-45-47-49-51-53-55-57-59-61-65(69)66-63(62-67)64(68)60-58-56-54-52-50-48-46-44-22-20-18-16-14-12-10-8-6-4-2/h5,7,11,13,17,19,23-24,26-27,29-30,32-33,35-36,38-39,50,52,58,60,63-64,67-68H,3-4,6,8-10,12,14-16,18,20-22,25,28,31,34,37,40-49,51,53-57,59,61-62H2,1-2H3,(H,66,69)/b7-5-,13-11-,19-17-,24-23-,27-26-,30-29-,33-32-,36-35-,39-38-,52-50+,60-58+. The summed E-state index contributed by atoms with van der Waals surface area (Å²) in [7, 11) is 0. The van der Waals surface area contributed by atoms with Crippen molar-refractivity contribution in [3.8, 4) is 0 Å². The second kappa shape index (κ2) is 58.8. The van der Waals surface area contributed by atoms with Gasteiger partial charge in [-0.3, -0.25) is 4.79 Å². The molecular formula is C65H109NO3. The maximum absolute atomic E-state index is 12.5. The van der Waals surface area contributed by atoms with Gasteiger partial charge in [-0.15, -0.1) is 0 Å². The van der Waals surface area contributed by atoms with Crippen molar-refractivity contribution < 1.29 is 15.0 Å². The normalized spacial score (nSPS) is 13.9. The second-order valence-electron chi connectivity index (χ2n) is 19.0. The minimum Gasteiger partial charge on any atom is -0.394 e. The molecule has 0 radical (unpaired) electrons. The molecule has 3 N–H and O–H groups in total. The lowest BCUT2D eigenvalue weighted by Crippen LogP contribution is -2.45. The molecule has 0 saturated carbocycles. The van der Waals surface area contributed by atoms with Crippen molar-refractivity contribution in [3.63, 3.8) is 0 Å². The van der Waals surface area contributed by atoms with Crippen LogP contribution in [0.1, 0.15) is 251 Å². The molecule has 392 valence electrons. The molecule has 0 aromatic heterocycles. The Morgan fingerprint density at radius 3 is 1.01 bits per heavy atom. The number of carbonyl (C=O) groups is 1. The summed E-state index contributed by atoms with van der Waals surface area (Å²) in [5.41, 5.74) is 0. The fraction of sp³-hybridized carbons (Fsp3) is 0.646. The quantitative estimate of drug-likeness (QED) is 0.0420. The zero-order valence-corrected chi connectivity index (χ0v) is 45.0. The van der Waals surface area contributed by atoms with Gasteiger partial charge in [0, 0.05) is 6.42 Å². The van der Waals surface area contributed by atoms with E-state index in [1.54, 1.807) is 6.08 Å². The molecule has 0 fully saturated rings. The highest BCUT2D eigenvalue weighted by Gasteiger charge is 2.17. The smallest absolute Gasteiger partial charge is 0.220 e. The molecule has 0 aliphatic rings. The third-order valence-corrected chi connectivity index (χ3v) is 12.4. The Hall–Kier alpha value is -3.47. The van der Waals surface area contributed by atoms with Crippen LogP contribution in [0, 0.1) is 0 Å². The molecule has 4 nitrogen and oxygen atoms in total. The van der Waals surface area contributed by atoms with Crippen molar-refractivity contribution in [3.05, 3.63) is 134 Å². The largest absolute Gasteiger partial charge is 0.394 e. The Kier molecular flexibility index (Phi) is 55.9. The average molecular weight is 953 g/mol. The van der Waals surface area contributed by atoms with E-state index in [-0.39, 0.29) is 12.5 Å². The molecule has 0 aliphatic heterocycles. The van der Waals surface area contributed by atoms with Gasteiger partial charge >= 0.3 is 0 Å². The summed E-state index contributed by atoms with van der Waals surface area (Å²) in [4.78, 5) is 12.5. The highest BCUT2D eigenvalue weighted by molar-refractivity contribution is 5.76. The molecule has 0 heterocycles. The summed E-state index contributed by atoms with van der Waals surface area (Å²) in [6.45, 7) is 4.18. The van der Waals surface area contributed by atoms with Gasteiger partial charge in [0.25, 0.3) is 0 Å². The number of amides is 1. The number of unbranched alkanes of at least 4 members (excludes halogenated alkanes) is 24. The molecule has 1 amide bonds. The number of rotatable bonds is 51. The van der Waals surface area contributed by atoms with Gasteiger partial charge in [0.2, 0.25) is 5.91 Å². The summed E-state index contributed by atoms with van der Waals surface area (Å²) in [6.07, 6.45) is 91.8. The Bertz CT molecular complexity index is 1400. The molecule has 0 saturated heterocycles. The molecule has 0 aromatic carbocycles. The summed E-state index contributed by atoms with van der Waals surface area (Å²) in [6, 6.07) is -0.649. The van der Waals surface area contributed by atoms with Gasteiger partial charge in [0.15, 0.2) is 0 Å². The zero-order chi connectivity index (χ0) is 49.9. The Morgan fingerprint density at radius 1 is 0.362 bits per heavy atom. The van der Waals surface area contributed by atoms with E-state index >= 15 is 0 Å². The van der Waals surface area contributed by atoms with Crippen LogP contribution < -0.4 is 5.32 Å². The summed E-state index contributed by atoms with van der Waals surface area (Å²) in [5.74, 6) is -0.0816. The first-order valence-corrected chi connectivity index (χ1v) is 28.9. The predicted octanol–water partition coefficient (Wildman–Crippen LogP) is 19.4. The first kappa shape index (κ1) is 65.5. The van der Waals surface area contributed by atoms with Crippen LogP contribution in [0.25, 0.3) is 0 Å². The van der Waals surface area contributed by atoms with E-state index in [9.17, 15) is 15.0 Å². The molecule has 2 atom stereocenters. The number of nitrogens with one attached hydrogen (secondary N) is 1. The molecule has 0 spiro atoms. The first-order valence-electron chi connectivity index (χ1n) is 28.9. The molecule has 69 heavy (non-hydrogen) atoms. The fourth-order valence-electron chi connectivity index (χ4n) is 8.01. The van der Waals surface area contributed by atoms with Crippen molar-refractivity contribution in [1.82, 2.24) is 5.32 Å². The number of allylic oxidation sites excluding steroid dienone is 21. The average Bonchev–Trinajstić information content (AvgIpc) is 3.35. The van der Waals surface area contributed by atoms with Crippen molar-refractivity contribution in [1.29, 1.82) is 0 Å². The Morgan fingerprint density at radius 2 is 0.652 bits per heavy atom. The van der Waals surface area contributed by atoms with E-state index in [0.717, 1.165) is 89.9 Å². The number of hydrogen-bond donors (Lipinski definition) is 3. The van der Waals surface area contributed by atoms with Crippen LogP contribution in [0.15, 0.2) is 134 Å². The van der Waals surface area contributed by atoms with E-state index < -0.39 is 12.1 Å². The lowest BCUT2D eigenvalue weighted by molar-refractivity contribution is -0.123. The first-order chi connectivity index (χ1) is 34.2. The van der Waals surface area contributed by atoms with Crippen LogP contribution >= 0.6 is 0 Å². The molecule has 0 bridgehead atoms. The second-order valence-corrected chi connectivity index (χ2v) is 19.0. The van der Waals surface area contributed by atoms with Gasteiger partial charge in [0.05, 0.1) is 18.8 Å². The molecule has 4 heteroatoms. The predicted molar refractivity (Wildman–Crippen MR) is 308 cm³/mol. The van der Waals surface area contributed by atoms with E-state index in [0.29, 0.717) is 6.42 Å². The monoisotopic (exact) mass is 952 g/mol. The number of hydrogen-bond acceptors (Lipinski definition) is 3. The highest BCUT2D eigenvalue weighted by atomic mass is 16.3. The van der Waals surface area contributed by atoms with Gasteiger partial charge in [0.1, 0.15) is 0 Å². The molecule has 0 rings (SSSR count). The molecule has 0 aliphatic carbocycles. The van der Waals surface area contributed by atoms with Gasteiger partial charge in [-0.05, 0) is 103 Å². The number of carbonyl (C=O) groups excluding carboxylic acids is 1. The van der Waals surface area contributed by atoms with Crippen molar-refractivity contribution in [2.45, 2.75) is 264 Å². The SMILES string of the molecule is CC/C=C\C/C=C\C/C=C\C/C=C\C/C=C\C/C=C\C/C=C\C/C=C\C/C=C\CCCCCCCCCCCCCC(=O)NC(CO)C(O)/C=C/CC/C=C/CCCCCCCCCCCCCC. The van der Waals surface area contributed by atoms with Gasteiger partial charge < -0.3 is 15.5 Å². The Balaban J connectivity index is 3.61. The molecule has 0 aromatic rings. The van der Waals surface area contributed by atoms with E-state index in [4.69, 9.17) is 0 Å². The van der Waals surface area contributed by atoms with E-state index in [1.165, 1.54) is 141 Å². The third-order valence-electron chi connectivity index (χ3n) is 12.4. The van der Waals surface area contributed by atoms with Crippen LogP contribution in [0.5, 0.6) is 0 Å². The maximum Gasteiger partial charge on any atom is 0.220 e. The topological polar surface area (TPSA) is 69.6 Å². The highest BCUT2D eigenvalue weighted by Crippen LogP contribution is 2.15. The Labute approximate surface area is 428 Å². The number of aliphatic hydroxyl groups is 2. The van der Waals surface area contributed by atoms with Crippen molar-refractivity contribution in [2.24, 2.45) is 0 Å². The maximum atomic E-state index is 12.5. The van der Waals surface area contributed by atoms with Crippen LogP contribution in [0.4, 0.5) is 0 Å². The van der Waals surface area contributed by atoms with E-state index in [1.807, 2.05) is 6.08 Å². The summed E-state index contributed by atoms with van der Waals surface area (Å²) in [5, 5.41) is 23.1. The van der Waals surface area contributed by atoms with Crippen molar-refractivity contribution in [2.75, 3.05) is 6.61 Å². The minimum absolute atomic E-state index is 0.0816. The lowest BCUT2D eigenvalue weighted by atomic mass is 10.0. The minimum atomic E-state index is -0.872. The third kappa shape index (κ3) is 55.3. The summed E-state index contributed by atoms with van der Waals surface area (Å²) >= 11 is 0. The van der Waals surface area contributed by atoms with Gasteiger partial charge in [-0.2, -0.15) is 0 Å². The van der Waals surface area contributed by atoms with Crippen molar-refractivity contribution >= 4 is 5.91 Å². The fourth-order valence-corrected chi connectivity index (χ4v) is 8.01.